The van der Waals surface area contributed by atoms with Gasteiger partial charge in [0.05, 0.1) is 0 Å². The van der Waals surface area contributed by atoms with Gasteiger partial charge in [0.1, 0.15) is 5.75 Å². The largest absolute Gasteiger partial charge is 0.544 e. The molecular formula is C13H17BO3Si. The monoisotopic (exact) mass is 260 g/mol. The summed E-state index contributed by atoms with van der Waals surface area (Å²) in [5, 5.41) is 20.4. The van der Waals surface area contributed by atoms with Crippen molar-refractivity contribution in [1.82, 2.24) is 0 Å². The van der Waals surface area contributed by atoms with Crippen molar-refractivity contribution >= 4 is 31.7 Å². The maximum absolute atomic E-state index is 9.17. The van der Waals surface area contributed by atoms with E-state index < -0.39 is 15.4 Å². The Labute approximate surface area is 108 Å². The highest BCUT2D eigenvalue weighted by molar-refractivity contribution is 6.70. The number of rotatable bonds is 3. The molecule has 2 aromatic rings. The molecule has 0 heterocycles. The molecule has 2 N–H and O–H groups in total. The second-order valence-corrected chi connectivity index (χ2v) is 9.79. The molecule has 0 spiro atoms. The van der Waals surface area contributed by atoms with Gasteiger partial charge in [-0.1, -0.05) is 24.3 Å². The van der Waals surface area contributed by atoms with Gasteiger partial charge in [0.15, 0.2) is 0 Å². The minimum Gasteiger partial charge on any atom is -0.544 e. The smallest absolute Gasteiger partial charge is 0.488 e. The molecule has 0 amide bonds. The fourth-order valence-corrected chi connectivity index (χ4v) is 2.66. The van der Waals surface area contributed by atoms with Gasteiger partial charge in [-0.15, -0.1) is 0 Å². The molecule has 0 atom stereocenters. The Morgan fingerprint density at radius 1 is 0.944 bits per heavy atom. The molecule has 0 aliphatic carbocycles. The molecule has 0 aliphatic heterocycles. The molecule has 0 saturated heterocycles. The van der Waals surface area contributed by atoms with Gasteiger partial charge in [-0.2, -0.15) is 0 Å². The van der Waals surface area contributed by atoms with Crippen LogP contribution in [0.3, 0.4) is 0 Å². The average molecular weight is 260 g/mol. The molecular weight excluding hydrogens is 243 g/mol. The van der Waals surface area contributed by atoms with Crippen molar-refractivity contribution in [3.05, 3.63) is 36.4 Å². The first-order chi connectivity index (χ1) is 8.35. The second kappa shape index (κ2) is 4.76. The summed E-state index contributed by atoms with van der Waals surface area (Å²) in [6, 6.07) is 11.2. The van der Waals surface area contributed by atoms with E-state index in [9.17, 15) is 10.0 Å². The van der Waals surface area contributed by atoms with Crippen LogP contribution >= 0.6 is 0 Å². The van der Waals surface area contributed by atoms with Crippen LogP contribution in [0.2, 0.25) is 19.6 Å². The van der Waals surface area contributed by atoms with Crippen LogP contribution < -0.4 is 9.89 Å². The number of benzene rings is 2. The molecule has 2 aromatic carbocycles. The molecule has 0 radical (unpaired) electrons. The zero-order chi connectivity index (χ0) is 13.3. The van der Waals surface area contributed by atoms with E-state index in [1.807, 2.05) is 24.3 Å². The second-order valence-electron chi connectivity index (χ2n) is 5.36. The van der Waals surface area contributed by atoms with Crippen molar-refractivity contribution in [2.45, 2.75) is 19.6 Å². The van der Waals surface area contributed by atoms with Gasteiger partial charge in [0, 0.05) is 0 Å². The summed E-state index contributed by atoms with van der Waals surface area (Å²) in [7, 11) is -3.05. The van der Waals surface area contributed by atoms with Crippen molar-refractivity contribution in [2.24, 2.45) is 0 Å². The van der Waals surface area contributed by atoms with Crippen molar-refractivity contribution in [1.29, 1.82) is 0 Å². The molecule has 0 fully saturated rings. The van der Waals surface area contributed by atoms with E-state index in [4.69, 9.17) is 4.43 Å². The van der Waals surface area contributed by atoms with Gasteiger partial charge in [-0.25, -0.2) is 0 Å². The number of fused-ring (bicyclic) bond motifs is 1. The fraction of sp³-hybridized carbons (Fsp3) is 0.231. The zero-order valence-electron chi connectivity index (χ0n) is 10.8. The van der Waals surface area contributed by atoms with Crippen molar-refractivity contribution in [3.63, 3.8) is 0 Å². The topological polar surface area (TPSA) is 49.7 Å². The van der Waals surface area contributed by atoms with Gasteiger partial charge < -0.3 is 14.5 Å². The summed E-state index contributed by atoms with van der Waals surface area (Å²) < 4.78 is 5.92. The maximum Gasteiger partial charge on any atom is 0.488 e. The van der Waals surface area contributed by atoms with Crippen molar-refractivity contribution < 1.29 is 14.5 Å². The molecule has 0 saturated carbocycles. The Hall–Kier alpha value is -1.30. The molecule has 0 bridgehead atoms. The molecule has 2 rings (SSSR count). The van der Waals surface area contributed by atoms with Crippen LogP contribution in [-0.2, 0) is 0 Å². The minimum absolute atomic E-state index is 0.493. The Balaban J connectivity index is 2.42. The first-order valence-electron chi connectivity index (χ1n) is 5.94. The Morgan fingerprint density at radius 2 is 1.61 bits per heavy atom. The first kappa shape index (κ1) is 13.1. The highest BCUT2D eigenvalue weighted by Crippen LogP contribution is 2.22. The minimum atomic E-state index is -1.62. The summed E-state index contributed by atoms with van der Waals surface area (Å²) >= 11 is 0. The molecule has 0 unspecified atom stereocenters. The lowest BCUT2D eigenvalue weighted by Crippen LogP contribution is -2.30. The summed E-state index contributed by atoms with van der Waals surface area (Å²) in [5.41, 5.74) is 0.493. The number of hydrogen-bond acceptors (Lipinski definition) is 3. The molecule has 0 aromatic heterocycles. The summed E-state index contributed by atoms with van der Waals surface area (Å²) in [4.78, 5) is 0. The average Bonchev–Trinajstić information content (AvgIpc) is 2.25. The standard InChI is InChI=1S/C13H17BO3Si/c1-18(2,3)17-13-7-5-10-4-6-12(14(15)16)8-11(10)9-13/h4-9,15-16H,1-3H3. The predicted molar refractivity (Wildman–Crippen MR) is 77.7 cm³/mol. The highest BCUT2D eigenvalue weighted by Gasteiger charge is 2.16. The van der Waals surface area contributed by atoms with Crippen LogP contribution in [0.4, 0.5) is 0 Å². The van der Waals surface area contributed by atoms with E-state index in [-0.39, 0.29) is 0 Å². The zero-order valence-corrected chi connectivity index (χ0v) is 11.8. The number of hydrogen-bond donors (Lipinski definition) is 2. The van der Waals surface area contributed by atoms with E-state index in [1.165, 1.54) is 0 Å². The van der Waals surface area contributed by atoms with E-state index in [1.54, 1.807) is 12.1 Å². The fourth-order valence-electron chi connectivity index (χ4n) is 1.82. The van der Waals surface area contributed by atoms with Gasteiger partial charge in [-0.3, -0.25) is 0 Å². The van der Waals surface area contributed by atoms with Crippen LogP contribution in [0.25, 0.3) is 10.8 Å². The summed E-state index contributed by atoms with van der Waals surface area (Å²) in [5.74, 6) is 0.839. The van der Waals surface area contributed by atoms with Crippen molar-refractivity contribution in [3.8, 4) is 5.75 Å². The maximum atomic E-state index is 9.17. The SMILES string of the molecule is C[Si](C)(C)Oc1ccc2ccc(B(O)O)cc2c1. The van der Waals surface area contributed by atoms with Crippen LogP contribution in [0.5, 0.6) is 5.75 Å². The Bertz CT molecular complexity index is 564. The Morgan fingerprint density at radius 3 is 2.22 bits per heavy atom. The third-order valence-corrected chi connectivity index (χ3v) is 3.41. The first-order valence-corrected chi connectivity index (χ1v) is 9.35. The molecule has 18 heavy (non-hydrogen) atoms. The molecule has 3 nitrogen and oxygen atoms in total. The van der Waals surface area contributed by atoms with Crippen LogP contribution in [0.1, 0.15) is 0 Å². The Kier molecular flexibility index (Phi) is 3.48. The van der Waals surface area contributed by atoms with E-state index in [0.717, 1.165) is 16.5 Å². The van der Waals surface area contributed by atoms with Gasteiger partial charge in [-0.05, 0) is 48.0 Å². The third kappa shape index (κ3) is 3.13. The van der Waals surface area contributed by atoms with Crippen molar-refractivity contribution in [2.75, 3.05) is 0 Å². The molecule has 0 aliphatic rings. The van der Waals surface area contributed by atoms with Crippen LogP contribution in [-0.4, -0.2) is 25.5 Å². The lowest BCUT2D eigenvalue weighted by atomic mass is 9.79. The van der Waals surface area contributed by atoms with E-state index in [2.05, 4.69) is 19.6 Å². The summed E-state index contributed by atoms with van der Waals surface area (Å²) in [6.07, 6.45) is 0. The van der Waals surface area contributed by atoms with Crippen LogP contribution in [0, 0.1) is 0 Å². The lowest BCUT2D eigenvalue weighted by Gasteiger charge is -2.19. The predicted octanol–water partition coefficient (Wildman–Crippen LogP) is 1.73. The van der Waals surface area contributed by atoms with E-state index >= 15 is 0 Å². The van der Waals surface area contributed by atoms with Gasteiger partial charge in [0.25, 0.3) is 0 Å². The molecule has 5 heteroatoms. The lowest BCUT2D eigenvalue weighted by molar-refractivity contribution is 0.426. The third-order valence-electron chi connectivity index (χ3n) is 2.56. The van der Waals surface area contributed by atoms with Gasteiger partial charge >= 0.3 is 7.12 Å². The van der Waals surface area contributed by atoms with Crippen LogP contribution in [0.15, 0.2) is 36.4 Å². The van der Waals surface area contributed by atoms with Gasteiger partial charge in [0.2, 0.25) is 8.32 Å². The highest BCUT2D eigenvalue weighted by atomic mass is 28.4. The quantitative estimate of drug-likeness (QED) is 0.826. The summed E-state index contributed by atoms with van der Waals surface area (Å²) in [6.45, 7) is 6.39. The molecule has 94 valence electrons. The van der Waals surface area contributed by atoms with E-state index in [0.29, 0.717) is 5.46 Å². The normalized spacial score (nSPS) is 11.6.